The van der Waals surface area contributed by atoms with Crippen LogP contribution in [-0.4, -0.2) is 25.7 Å². The molecule has 0 spiro atoms. The van der Waals surface area contributed by atoms with Crippen LogP contribution in [0.15, 0.2) is 36.8 Å². The Morgan fingerprint density at radius 1 is 1.44 bits per heavy atom. The van der Waals surface area contributed by atoms with Gasteiger partial charge in [-0.1, -0.05) is 24.3 Å². The molecule has 6 nitrogen and oxygen atoms in total. The molecule has 1 aliphatic carbocycles. The monoisotopic (exact) mass is 245 g/mol. The summed E-state index contributed by atoms with van der Waals surface area (Å²) in [6.07, 6.45) is 2.74. The lowest BCUT2D eigenvalue weighted by Crippen LogP contribution is -2.19. The second-order valence-corrected chi connectivity index (χ2v) is 4.35. The highest BCUT2D eigenvalue weighted by Crippen LogP contribution is 2.34. The minimum atomic E-state index is -0.573. The maximum atomic E-state index is 10.6. The molecule has 2 aromatic rings. The molecule has 92 valence electrons. The van der Waals surface area contributed by atoms with E-state index in [1.54, 1.807) is 4.57 Å². The van der Waals surface area contributed by atoms with Crippen LogP contribution in [0.1, 0.15) is 17.2 Å². The van der Waals surface area contributed by atoms with E-state index in [0.717, 1.165) is 11.1 Å². The van der Waals surface area contributed by atoms with Gasteiger partial charge in [0.1, 0.15) is 6.20 Å². The van der Waals surface area contributed by atoms with E-state index in [9.17, 15) is 15.2 Å². The molecule has 0 aliphatic heterocycles. The molecule has 0 radical (unpaired) electrons. The largest absolute Gasteiger partial charge is 0.390 e. The van der Waals surface area contributed by atoms with E-state index in [1.165, 1.54) is 12.5 Å². The lowest BCUT2D eigenvalue weighted by Gasteiger charge is -2.15. The van der Waals surface area contributed by atoms with Crippen molar-refractivity contribution in [2.24, 2.45) is 0 Å². The molecule has 0 saturated heterocycles. The van der Waals surface area contributed by atoms with Crippen molar-refractivity contribution >= 4 is 5.82 Å². The average molecular weight is 245 g/mol. The number of fused-ring (bicyclic) bond motifs is 1. The van der Waals surface area contributed by atoms with E-state index in [4.69, 9.17) is 0 Å². The first-order valence-electron chi connectivity index (χ1n) is 5.60. The molecule has 2 atom stereocenters. The van der Waals surface area contributed by atoms with Gasteiger partial charge in [0.25, 0.3) is 0 Å². The molecule has 0 bridgehead atoms. The smallest absolute Gasteiger partial charge is 0.381 e. The van der Waals surface area contributed by atoms with Crippen LogP contribution in [0.3, 0.4) is 0 Å². The number of hydrogen-bond donors (Lipinski definition) is 1. The van der Waals surface area contributed by atoms with Crippen molar-refractivity contribution in [1.29, 1.82) is 0 Å². The highest BCUT2D eigenvalue weighted by molar-refractivity contribution is 5.37. The van der Waals surface area contributed by atoms with E-state index < -0.39 is 11.0 Å². The number of aliphatic hydroxyl groups is 1. The Morgan fingerprint density at radius 3 is 2.94 bits per heavy atom. The summed E-state index contributed by atoms with van der Waals surface area (Å²) in [5.41, 5.74) is 2.07. The molecule has 1 N–H and O–H groups in total. The van der Waals surface area contributed by atoms with Crippen LogP contribution in [0.4, 0.5) is 5.82 Å². The van der Waals surface area contributed by atoms with Gasteiger partial charge in [0.15, 0.2) is 0 Å². The maximum absolute atomic E-state index is 10.6. The number of hydrogen-bond acceptors (Lipinski definition) is 4. The fraction of sp³-hybridized carbons (Fsp3) is 0.250. The lowest BCUT2D eigenvalue weighted by molar-refractivity contribution is -0.389. The summed E-state index contributed by atoms with van der Waals surface area (Å²) >= 11 is 0. The van der Waals surface area contributed by atoms with Crippen molar-refractivity contribution < 1.29 is 10.0 Å². The normalized spacial score (nSPS) is 21.8. The molecular weight excluding hydrogens is 234 g/mol. The summed E-state index contributed by atoms with van der Waals surface area (Å²) in [7, 11) is 0. The van der Waals surface area contributed by atoms with Crippen LogP contribution in [0.25, 0.3) is 0 Å². The standard InChI is InChI=1S/C12H11N3O3/c16-10-5-8-3-1-2-4-9(8)12(10)14-6-11(13-7-14)15(17)18/h1-4,6-7,10,12,16H,5H2/t10-,12?/m0/s1. The molecule has 1 heterocycles. The van der Waals surface area contributed by atoms with E-state index in [1.807, 2.05) is 24.3 Å². The van der Waals surface area contributed by atoms with Gasteiger partial charge < -0.3 is 19.8 Å². The Morgan fingerprint density at radius 2 is 2.22 bits per heavy atom. The molecule has 3 rings (SSSR count). The summed E-state index contributed by atoms with van der Waals surface area (Å²) in [4.78, 5) is 13.8. The van der Waals surface area contributed by atoms with Crippen LogP contribution in [-0.2, 0) is 6.42 Å². The van der Waals surface area contributed by atoms with Gasteiger partial charge in [-0.2, -0.15) is 0 Å². The predicted molar refractivity (Wildman–Crippen MR) is 63.2 cm³/mol. The average Bonchev–Trinajstić information content (AvgIpc) is 2.91. The summed E-state index contributed by atoms with van der Waals surface area (Å²) < 4.78 is 1.61. The van der Waals surface area contributed by atoms with Crippen LogP contribution in [0, 0.1) is 10.1 Å². The second-order valence-electron chi connectivity index (χ2n) is 4.35. The first-order chi connectivity index (χ1) is 8.66. The van der Waals surface area contributed by atoms with Crippen molar-refractivity contribution in [3.8, 4) is 0 Å². The fourth-order valence-electron chi connectivity index (χ4n) is 2.48. The third-order valence-electron chi connectivity index (χ3n) is 3.26. The number of aliphatic hydroxyl groups excluding tert-OH is 1. The molecule has 6 heteroatoms. The first-order valence-corrected chi connectivity index (χ1v) is 5.60. The topological polar surface area (TPSA) is 81.2 Å². The van der Waals surface area contributed by atoms with E-state index in [-0.39, 0.29) is 11.9 Å². The van der Waals surface area contributed by atoms with Gasteiger partial charge in [0.05, 0.1) is 12.1 Å². The molecule has 1 aromatic carbocycles. The van der Waals surface area contributed by atoms with Gasteiger partial charge in [-0.3, -0.25) is 0 Å². The van der Waals surface area contributed by atoms with E-state index >= 15 is 0 Å². The van der Waals surface area contributed by atoms with Crippen LogP contribution in [0.2, 0.25) is 0 Å². The minimum absolute atomic E-state index is 0.202. The van der Waals surface area contributed by atoms with Crippen molar-refractivity contribution in [2.75, 3.05) is 0 Å². The van der Waals surface area contributed by atoms with Crippen LogP contribution in [0.5, 0.6) is 0 Å². The number of benzene rings is 1. The van der Waals surface area contributed by atoms with Gasteiger partial charge >= 0.3 is 5.82 Å². The third kappa shape index (κ3) is 1.58. The molecule has 1 unspecified atom stereocenters. The van der Waals surface area contributed by atoms with Gasteiger partial charge in [-0.25, -0.2) is 0 Å². The molecule has 18 heavy (non-hydrogen) atoms. The molecule has 1 aliphatic rings. The summed E-state index contributed by atoms with van der Waals surface area (Å²) in [6, 6.07) is 7.42. The van der Waals surface area contributed by atoms with Gasteiger partial charge in [-0.15, -0.1) is 0 Å². The quantitative estimate of drug-likeness (QED) is 0.638. The zero-order chi connectivity index (χ0) is 12.7. The predicted octanol–water partition coefficient (Wildman–Crippen LogP) is 1.30. The zero-order valence-electron chi connectivity index (χ0n) is 9.43. The van der Waals surface area contributed by atoms with Crippen molar-refractivity contribution in [1.82, 2.24) is 9.55 Å². The number of rotatable bonds is 2. The molecule has 0 saturated carbocycles. The number of imidazole rings is 1. The lowest BCUT2D eigenvalue weighted by atomic mass is 10.1. The SMILES string of the molecule is O=[N+]([O-])c1cn(C2c3ccccc3C[C@@H]2O)cn1. The molecule has 0 fully saturated rings. The molecular formula is C12H11N3O3. The fourth-order valence-corrected chi connectivity index (χ4v) is 2.48. The van der Waals surface area contributed by atoms with Gasteiger partial charge in [0.2, 0.25) is 6.33 Å². The van der Waals surface area contributed by atoms with Crippen molar-refractivity contribution in [2.45, 2.75) is 18.6 Å². The Hall–Kier alpha value is -2.21. The van der Waals surface area contributed by atoms with E-state index in [0.29, 0.717) is 6.42 Å². The summed E-state index contributed by atoms with van der Waals surface area (Å²) in [6.45, 7) is 0. The van der Waals surface area contributed by atoms with Crippen LogP contribution < -0.4 is 0 Å². The van der Waals surface area contributed by atoms with Gasteiger partial charge in [-0.05, 0) is 21.0 Å². The number of aromatic nitrogens is 2. The minimum Gasteiger partial charge on any atom is -0.390 e. The molecule has 0 amide bonds. The van der Waals surface area contributed by atoms with Crippen molar-refractivity contribution in [3.63, 3.8) is 0 Å². The summed E-state index contributed by atoms with van der Waals surface area (Å²) in [5, 5.41) is 20.7. The van der Waals surface area contributed by atoms with Crippen molar-refractivity contribution in [3.05, 3.63) is 58.0 Å². The Labute approximate surface area is 103 Å². The molecule has 1 aromatic heterocycles. The summed E-state index contributed by atoms with van der Waals surface area (Å²) in [5.74, 6) is -0.202. The van der Waals surface area contributed by atoms with Crippen LogP contribution >= 0.6 is 0 Å². The Kier molecular flexibility index (Phi) is 2.38. The zero-order valence-corrected chi connectivity index (χ0v) is 9.43. The highest BCUT2D eigenvalue weighted by Gasteiger charge is 2.33. The third-order valence-corrected chi connectivity index (χ3v) is 3.26. The van der Waals surface area contributed by atoms with Gasteiger partial charge in [0, 0.05) is 6.42 Å². The number of nitrogens with zero attached hydrogens (tertiary/aromatic N) is 3. The highest BCUT2D eigenvalue weighted by atomic mass is 16.6. The number of nitro groups is 1. The first kappa shape index (κ1) is 10.9. The Balaban J connectivity index is 2.03. The second kappa shape index (κ2) is 3.92. The maximum Gasteiger partial charge on any atom is 0.381 e. The van der Waals surface area contributed by atoms with E-state index in [2.05, 4.69) is 4.98 Å². The Bertz CT molecular complexity index is 608.